The van der Waals surface area contributed by atoms with E-state index < -0.39 is 12.0 Å². The van der Waals surface area contributed by atoms with Crippen LogP contribution >= 0.6 is 0 Å². The van der Waals surface area contributed by atoms with Crippen molar-refractivity contribution < 1.29 is 14.7 Å². The number of carbonyl (C=O) groups excluding carboxylic acids is 1. The average Bonchev–Trinajstić information content (AvgIpc) is 2.98. The van der Waals surface area contributed by atoms with Crippen molar-refractivity contribution in [2.24, 2.45) is 11.8 Å². The second-order valence-corrected chi connectivity index (χ2v) is 4.31. The van der Waals surface area contributed by atoms with Crippen LogP contribution in [0.2, 0.25) is 0 Å². The van der Waals surface area contributed by atoms with Gasteiger partial charge in [-0.2, -0.15) is 0 Å². The molecule has 0 heterocycles. The molecule has 0 bridgehead atoms. The van der Waals surface area contributed by atoms with Crippen molar-refractivity contribution in [2.75, 3.05) is 0 Å². The summed E-state index contributed by atoms with van der Waals surface area (Å²) < 4.78 is 0. The van der Waals surface area contributed by atoms with E-state index in [1.54, 1.807) is 0 Å². The first-order chi connectivity index (χ1) is 7.06. The van der Waals surface area contributed by atoms with Crippen molar-refractivity contribution in [3.05, 3.63) is 0 Å². The predicted octanol–water partition coefficient (Wildman–Crippen LogP) is 1.40. The largest absolute Gasteiger partial charge is 0.480 e. The van der Waals surface area contributed by atoms with E-state index in [0.29, 0.717) is 12.3 Å². The summed E-state index contributed by atoms with van der Waals surface area (Å²) in [5.41, 5.74) is 0. The Morgan fingerprint density at radius 3 is 2.47 bits per heavy atom. The van der Waals surface area contributed by atoms with E-state index >= 15 is 0 Å². The zero-order chi connectivity index (χ0) is 11.4. The molecule has 1 aliphatic rings. The summed E-state index contributed by atoms with van der Waals surface area (Å²) in [6.07, 6.45) is 3.45. The number of rotatable bonds is 6. The van der Waals surface area contributed by atoms with E-state index in [0.717, 1.165) is 19.3 Å². The third kappa shape index (κ3) is 3.53. The van der Waals surface area contributed by atoms with Crippen LogP contribution in [0.1, 0.15) is 39.5 Å². The van der Waals surface area contributed by atoms with Crippen LogP contribution in [0.3, 0.4) is 0 Å². The van der Waals surface area contributed by atoms with Gasteiger partial charge in [-0.15, -0.1) is 0 Å². The molecule has 4 nitrogen and oxygen atoms in total. The molecule has 4 heteroatoms. The summed E-state index contributed by atoms with van der Waals surface area (Å²) in [7, 11) is 0. The fourth-order valence-electron chi connectivity index (χ4n) is 1.66. The van der Waals surface area contributed by atoms with Crippen molar-refractivity contribution >= 4 is 11.9 Å². The zero-order valence-electron chi connectivity index (χ0n) is 9.32. The van der Waals surface area contributed by atoms with Gasteiger partial charge < -0.3 is 10.4 Å². The lowest BCUT2D eigenvalue weighted by molar-refractivity contribution is -0.142. The molecule has 15 heavy (non-hydrogen) atoms. The van der Waals surface area contributed by atoms with Gasteiger partial charge in [0.2, 0.25) is 5.91 Å². The van der Waals surface area contributed by atoms with Gasteiger partial charge in [0.1, 0.15) is 6.04 Å². The first-order valence-electron chi connectivity index (χ1n) is 5.59. The van der Waals surface area contributed by atoms with Gasteiger partial charge in [0.05, 0.1) is 0 Å². The molecule has 0 radical (unpaired) electrons. The number of carboxylic acid groups (broad SMARTS) is 1. The predicted molar refractivity (Wildman–Crippen MR) is 56.4 cm³/mol. The summed E-state index contributed by atoms with van der Waals surface area (Å²) in [4.78, 5) is 22.5. The molecule has 0 spiro atoms. The number of hydrogen-bond acceptors (Lipinski definition) is 2. The van der Waals surface area contributed by atoms with Crippen LogP contribution in [0.5, 0.6) is 0 Å². The topological polar surface area (TPSA) is 66.4 Å². The highest BCUT2D eigenvalue weighted by Gasteiger charge is 2.33. The summed E-state index contributed by atoms with van der Waals surface area (Å²) in [5.74, 6) is -0.615. The Bertz CT molecular complexity index is 248. The van der Waals surface area contributed by atoms with Crippen LogP contribution in [0, 0.1) is 11.8 Å². The van der Waals surface area contributed by atoms with Gasteiger partial charge in [-0.3, -0.25) is 4.79 Å². The Morgan fingerprint density at radius 1 is 1.47 bits per heavy atom. The number of aliphatic carboxylic acids is 1. The monoisotopic (exact) mass is 213 g/mol. The Balaban J connectivity index is 2.42. The Hall–Kier alpha value is -1.06. The number of carboxylic acids is 1. The maximum absolute atomic E-state index is 11.6. The lowest BCUT2D eigenvalue weighted by Crippen LogP contribution is -2.43. The van der Waals surface area contributed by atoms with Gasteiger partial charge in [-0.05, 0) is 25.2 Å². The molecule has 0 aromatic heterocycles. The van der Waals surface area contributed by atoms with E-state index in [1.165, 1.54) is 0 Å². The molecular weight excluding hydrogens is 194 g/mol. The molecule has 0 saturated heterocycles. The highest BCUT2D eigenvalue weighted by Crippen LogP contribution is 2.36. The highest BCUT2D eigenvalue weighted by molar-refractivity contribution is 5.85. The van der Waals surface area contributed by atoms with Gasteiger partial charge in [0.15, 0.2) is 0 Å². The van der Waals surface area contributed by atoms with Gasteiger partial charge in [-0.1, -0.05) is 20.3 Å². The van der Waals surface area contributed by atoms with Crippen LogP contribution < -0.4 is 5.32 Å². The Kier molecular flexibility index (Phi) is 4.12. The van der Waals surface area contributed by atoms with Gasteiger partial charge in [-0.25, -0.2) is 4.79 Å². The first-order valence-corrected chi connectivity index (χ1v) is 5.59. The van der Waals surface area contributed by atoms with Crippen molar-refractivity contribution in [1.29, 1.82) is 0 Å². The number of amides is 1. The Morgan fingerprint density at radius 2 is 2.07 bits per heavy atom. The highest BCUT2D eigenvalue weighted by atomic mass is 16.4. The molecule has 0 aromatic rings. The summed E-state index contributed by atoms with van der Waals surface area (Å²) in [5, 5.41) is 11.5. The van der Waals surface area contributed by atoms with E-state index in [2.05, 4.69) is 5.32 Å². The van der Waals surface area contributed by atoms with E-state index in [-0.39, 0.29) is 11.8 Å². The summed E-state index contributed by atoms with van der Waals surface area (Å²) >= 11 is 0. The third-order valence-electron chi connectivity index (χ3n) is 2.93. The van der Waals surface area contributed by atoms with Gasteiger partial charge >= 0.3 is 5.97 Å². The van der Waals surface area contributed by atoms with E-state index in [1.807, 2.05) is 13.8 Å². The SMILES string of the molecule is CCC[C@H](NC(=O)C(C)C1CC1)C(=O)O. The third-order valence-corrected chi connectivity index (χ3v) is 2.93. The molecule has 0 aliphatic heterocycles. The quantitative estimate of drug-likeness (QED) is 0.701. The van der Waals surface area contributed by atoms with Gasteiger partial charge in [0.25, 0.3) is 0 Å². The minimum Gasteiger partial charge on any atom is -0.480 e. The number of carbonyl (C=O) groups is 2. The lowest BCUT2D eigenvalue weighted by Gasteiger charge is -2.16. The molecular formula is C11H19NO3. The molecule has 1 amide bonds. The van der Waals surface area contributed by atoms with E-state index in [4.69, 9.17) is 5.11 Å². The van der Waals surface area contributed by atoms with Crippen LogP contribution in [-0.4, -0.2) is 23.0 Å². The van der Waals surface area contributed by atoms with Crippen molar-refractivity contribution in [1.82, 2.24) is 5.32 Å². The van der Waals surface area contributed by atoms with Crippen LogP contribution in [0.25, 0.3) is 0 Å². The molecule has 2 atom stereocenters. The van der Waals surface area contributed by atoms with Crippen molar-refractivity contribution in [3.8, 4) is 0 Å². The molecule has 1 fully saturated rings. The maximum Gasteiger partial charge on any atom is 0.326 e. The van der Waals surface area contributed by atoms with Crippen molar-refractivity contribution in [2.45, 2.75) is 45.6 Å². The molecule has 1 aliphatic carbocycles. The smallest absolute Gasteiger partial charge is 0.326 e. The number of nitrogens with one attached hydrogen (secondary N) is 1. The van der Waals surface area contributed by atoms with Gasteiger partial charge in [0, 0.05) is 5.92 Å². The second kappa shape index (κ2) is 5.14. The molecule has 2 N–H and O–H groups in total. The minimum absolute atomic E-state index is 0.0382. The molecule has 1 saturated carbocycles. The second-order valence-electron chi connectivity index (χ2n) is 4.31. The van der Waals surface area contributed by atoms with E-state index in [9.17, 15) is 9.59 Å². The summed E-state index contributed by atoms with van der Waals surface area (Å²) in [6, 6.07) is -0.719. The molecule has 86 valence electrons. The van der Waals surface area contributed by atoms with Crippen LogP contribution in [0.15, 0.2) is 0 Å². The number of hydrogen-bond donors (Lipinski definition) is 2. The van der Waals surface area contributed by atoms with Crippen molar-refractivity contribution in [3.63, 3.8) is 0 Å². The maximum atomic E-state index is 11.6. The fraction of sp³-hybridized carbons (Fsp3) is 0.818. The average molecular weight is 213 g/mol. The lowest BCUT2D eigenvalue weighted by atomic mass is 10.0. The minimum atomic E-state index is -0.937. The Labute approximate surface area is 90.0 Å². The zero-order valence-corrected chi connectivity index (χ0v) is 9.32. The summed E-state index contributed by atoms with van der Waals surface area (Å²) in [6.45, 7) is 3.78. The standard InChI is InChI=1S/C11H19NO3/c1-3-4-9(11(14)15)12-10(13)7(2)8-5-6-8/h7-9H,3-6H2,1-2H3,(H,12,13)(H,14,15)/t7?,9-/m0/s1. The van der Waals surface area contributed by atoms with Crippen LogP contribution in [0.4, 0.5) is 0 Å². The normalized spacial score (nSPS) is 19.3. The molecule has 0 aromatic carbocycles. The van der Waals surface area contributed by atoms with Crippen LogP contribution in [-0.2, 0) is 9.59 Å². The first kappa shape index (κ1) is 12.0. The molecule has 1 rings (SSSR count). The molecule has 1 unspecified atom stereocenters. The fourth-order valence-corrected chi connectivity index (χ4v) is 1.66.